The third-order valence-corrected chi connectivity index (χ3v) is 3.73. The average molecular weight is 328 g/mol. The number of phenols is 1. The molecule has 2 aromatic rings. The molecule has 0 aliphatic carbocycles. The highest BCUT2D eigenvalue weighted by Gasteiger charge is 2.16. The second kappa shape index (κ2) is 7.08. The molecule has 5 nitrogen and oxygen atoms in total. The van der Waals surface area contributed by atoms with Crippen LogP contribution < -0.4 is 9.47 Å². The first kappa shape index (κ1) is 17.4. The van der Waals surface area contributed by atoms with Crippen LogP contribution in [0.4, 0.5) is 0 Å². The highest BCUT2D eigenvalue weighted by molar-refractivity contribution is 6.21. The summed E-state index contributed by atoms with van der Waals surface area (Å²) in [6.45, 7) is 3.78. The summed E-state index contributed by atoms with van der Waals surface area (Å²) in [4.78, 5) is 11.8. The molecule has 0 aromatic heterocycles. The molecule has 0 saturated carbocycles. The minimum Gasteiger partial charge on any atom is -0.502 e. The number of phenolic OH excluding ortho intramolecular Hbond substituents is 1. The lowest BCUT2D eigenvalue weighted by Crippen LogP contribution is -2.02. The van der Waals surface area contributed by atoms with E-state index in [0.29, 0.717) is 11.1 Å². The fraction of sp³-hybridized carbons (Fsp3) is 0.211. The summed E-state index contributed by atoms with van der Waals surface area (Å²) in [5.41, 5.74) is 3.20. The highest BCUT2D eigenvalue weighted by Crippen LogP contribution is 2.38. The van der Waals surface area contributed by atoms with Crippen LogP contribution in [-0.2, 0) is 4.79 Å². The standard InChI is InChI=1S/C19H20O5/c1-11-5-6-12(2)14(7-11)15(19(21)22)8-13-9-16(23-3)18(20)17(10-13)24-4/h5-10,20H,1-4H3,(H,21,22)/b15-8-. The Balaban J connectivity index is 2.64. The molecular formula is C19H20O5. The van der Waals surface area contributed by atoms with E-state index < -0.39 is 5.97 Å². The molecule has 0 amide bonds. The summed E-state index contributed by atoms with van der Waals surface area (Å²) in [7, 11) is 2.84. The molecular weight excluding hydrogens is 308 g/mol. The Morgan fingerprint density at radius 2 is 1.62 bits per heavy atom. The first-order valence-corrected chi connectivity index (χ1v) is 7.35. The van der Waals surface area contributed by atoms with E-state index in [9.17, 15) is 15.0 Å². The molecule has 0 unspecified atom stereocenters. The lowest BCUT2D eigenvalue weighted by molar-refractivity contribution is -0.130. The van der Waals surface area contributed by atoms with Crippen molar-refractivity contribution in [3.63, 3.8) is 0 Å². The normalized spacial score (nSPS) is 11.2. The van der Waals surface area contributed by atoms with Crippen LogP contribution in [0.1, 0.15) is 22.3 Å². The number of aliphatic carboxylic acids is 1. The first-order chi connectivity index (χ1) is 11.4. The second-order valence-electron chi connectivity index (χ2n) is 5.46. The predicted molar refractivity (Wildman–Crippen MR) is 92.6 cm³/mol. The van der Waals surface area contributed by atoms with Crippen LogP contribution in [0, 0.1) is 13.8 Å². The number of hydrogen-bond acceptors (Lipinski definition) is 4. The van der Waals surface area contributed by atoms with E-state index >= 15 is 0 Å². The third-order valence-electron chi connectivity index (χ3n) is 3.73. The Kier molecular flexibility index (Phi) is 5.14. The first-order valence-electron chi connectivity index (χ1n) is 7.35. The van der Waals surface area contributed by atoms with Crippen molar-refractivity contribution >= 4 is 17.6 Å². The summed E-state index contributed by atoms with van der Waals surface area (Å²) in [5, 5.41) is 19.6. The number of aryl methyl sites for hydroxylation is 2. The molecule has 0 saturated heterocycles. The van der Waals surface area contributed by atoms with Gasteiger partial charge in [-0.2, -0.15) is 0 Å². The molecule has 0 radical (unpaired) electrons. The summed E-state index contributed by atoms with van der Waals surface area (Å²) < 4.78 is 10.2. The summed E-state index contributed by atoms with van der Waals surface area (Å²) in [5.74, 6) is -0.729. The fourth-order valence-corrected chi connectivity index (χ4v) is 2.44. The average Bonchev–Trinajstić information content (AvgIpc) is 2.55. The van der Waals surface area contributed by atoms with Crippen molar-refractivity contribution in [3.05, 3.63) is 52.6 Å². The minimum atomic E-state index is -1.03. The Bertz CT molecular complexity index is 780. The van der Waals surface area contributed by atoms with Crippen molar-refractivity contribution in [2.45, 2.75) is 13.8 Å². The number of hydrogen-bond donors (Lipinski definition) is 2. The number of carboxylic acid groups (broad SMARTS) is 1. The number of carboxylic acids is 1. The maximum absolute atomic E-state index is 11.8. The van der Waals surface area contributed by atoms with E-state index in [1.54, 1.807) is 12.1 Å². The van der Waals surface area contributed by atoms with E-state index in [-0.39, 0.29) is 22.8 Å². The molecule has 5 heteroatoms. The SMILES string of the molecule is COc1cc(/C=C(\C(=O)O)c2cc(C)ccc2C)cc(OC)c1O. The van der Waals surface area contributed by atoms with Crippen molar-refractivity contribution in [2.75, 3.05) is 14.2 Å². The largest absolute Gasteiger partial charge is 0.502 e. The molecule has 126 valence electrons. The Morgan fingerprint density at radius 1 is 1.04 bits per heavy atom. The van der Waals surface area contributed by atoms with Gasteiger partial charge in [-0.3, -0.25) is 0 Å². The zero-order chi connectivity index (χ0) is 17.9. The monoisotopic (exact) mass is 328 g/mol. The smallest absolute Gasteiger partial charge is 0.336 e. The van der Waals surface area contributed by atoms with E-state index in [0.717, 1.165) is 11.1 Å². The molecule has 2 aromatic carbocycles. The van der Waals surface area contributed by atoms with Gasteiger partial charge in [0.2, 0.25) is 5.75 Å². The maximum Gasteiger partial charge on any atom is 0.336 e. The van der Waals surface area contributed by atoms with Gasteiger partial charge in [0.05, 0.1) is 19.8 Å². The van der Waals surface area contributed by atoms with Crippen molar-refractivity contribution in [2.24, 2.45) is 0 Å². The molecule has 24 heavy (non-hydrogen) atoms. The number of rotatable bonds is 5. The topological polar surface area (TPSA) is 76.0 Å². The van der Waals surface area contributed by atoms with E-state index in [1.165, 1.54) is 20.3 Å². The number of carbonyl (C=O) groups is 1. The van der Waals surface area contributed by atoms with Gasteiger partial charge in [-0.1, -0.05) is 23.8 Å². The summed E-state index contributed by atoms with van der Waals surface area (Å²) >= 11 is 0. The number of ether oxygens (including phenoxy) is 2. The molecule has 0 heterocycles. The van der Waals surface area contributed by atoms with Crippen LogP contribution in [0.5, 0.6) is 17.2 Å². The highest BCUT2D eigenvalue weighted by atomic mass is 16.5. The fourth-order valence-electron chi connectivity index (χ4n) is 2.44. The van der Waals surface area contributed by atoms with E-state index in [2.05, 4.69) is 0 Å². The molecule has 0 spiro atoms. The maximum atomic E-state index is 11.8. The van der Waals surface area contributed by atoms with Gasteiger partial charge in [0.1, 0.15) is 0 Å². The molecule has 2 N–H and O–H groups in total. The molecule has 0 aliphatic rings. The van der Waals surface area contributed by atoms with Crippen molar-refractivity contribution in [1.29, 1.82) is 0 Å². The number of aromatic hydroxyl groups is 1. The Morgan fingerprint density at radius 3 is 2.12 bits per heavy atom. The van der Waals surface area contributed by atoms with Crippen molar-refractivity contribution in [1.82, 2.24) is 0 Å². The van der Waals surface area contributed by atoms with Gasteiger partial charge in [-0.25, -0.2) is 4.79 Å². The van der Waals surface area contributed by atoms with Gasteiger partial charge < -0.3 is 19.7 Å². The minimum absolute atomic E-state index is 0.124. The molecule has 0 bridgehead atoms. The van der Waals surface area contributed by atoms with Crippen LogP contribution in [0.2, 0.25) is 0 Å². The second-order valence-corrected chi connectivity index (χ2v) is 5.46. The summed E-state index contributed by atoms with van der Waals surface area (Å²) in [6.07, 6.45) is 1.54. The molecule has 0 atom stereocenters. The number of methoxy groups -OCH3 is 2. The van der Waals surface area contributed by atoms with Crippen molar-refractivity contribution < 1.29 is 24.5 Å². The van der Waals surface area contributed by atoms with Gasteiger partial charge >= 0.3 is 5.97 Å². The molecule has 0 fully saturated rings. The van der Waals surface area contributed by atoms with Crippen LogP contribution >= 0.6 is 0 Å². The molecule has 0 aliphatic heterocycles. The van der Waals surface area contributed by atoms with Crippen LogP contribution in [-0.4, -0.2) is 30.4 Å². The van der Waals surface area contributed by atoms with Gasteiger partial charge in [0.15, 0.2) is 11.5 Å². The zero-order valence-electron chi connectivity index (χ0n) is 14.1. The van der Waals surface area contributed by atoms with Crippen LogP contribution in [0.25, 0.3) is 11.6 Å². The van der Waals surface area contributed by atoms with Crippen LogP contribution in [0.15, 0.2) is 30.3 Å². The number of benzene rings is 2. The quantitative estimate of drug-likeness (QED) is 0.647. The zero-order valence-corrected chi connectivity index (χ0v) is 14.1. The Hall–Kier alpha value is -2.95. The lowest BCUT2D eigenvalue weighted by atomic mass is 9.96. The predicted octanol–water partition coefficient (Wildman–Crippen LogP) is 3.65. The van der Waals surface area contributed by atoms with Crippen LogP contribution in [0.3, 0.4) is 0 Å². The third kappa shape index (κ3) is 3.51. The molecule has 2 rings (SSSR count). The Labute approximate surface area is 140 Å². The van der Waals surface area contributed by atoms with E-state index in [1.807, 2.05) is 32.0 Å². The van der Waals surface area contributed by atoms with Crippen molar-refractivity contribution in [3.8, 4) is 17.2 Å². The van der Waals surface area contributed by atoms with Gasteiger partial charge in [-0.05, 0) is 48.7 Å². The van der Waals surface area contributed by atoms with Gasteiger partial charge in [0, 0.05) is 0 Å². The summed E-state index contributed by atoms with van der Waals surface area (Å²) in [6, 6.07) is 8.78. The van der Waals surface area contributed by atoms with E-state index in [4.69, 9.17) is 9.47 Å². The lowest BCUT2D eigenvalue weighted by Gasteiger charge is -2.11. The van der Waals surface area contributed by atoms with Gasteiger partial charge in [0.25, 0.3) is 0 Å². The van der Waals surface area contributed by atoms with Gasteiger partial charge in [-0.15, -0.1) is 0 Å².